The van der Waals surface area contributed by atoms with E-state index in [0.717, 1.165) is 0 Å². The molecule has 1 heterocycles. The van der Waals surface area contributed by atoms with E-state index < -0.39 is 5.23 Å². The fraction of sp³-hybridized carbons (Fsp3) is 0.500. The molecule has 0 amide bonds. The van der Waals surface area contributed by atoms with Crippen LogP contribution in [0.5, 0.6) is 0 Å². The van der Waals surface area contributed by atoms with Gasteiger partial charge in [-0.1, -0.05) is 0 Å². The van der Waals surface area contributed by atoms with Crippen molar-refractivity contribution in [2.24, 2.45) is 0 Å². The Labute approximate surface area is 69.2 Å². The minimum atomic E-state index is -1.02. The highest BCUT2D eigenvalue weighted by Gasteiger charge is 2.10. The topological polar surface area (TPSA) is 85.8 Å². The second-order valence-electron chi connectivity index (χ2n) is 2.37. The predicted molar refractivity (Wildman–Crippen MR) is 39.8 cm³/mol. The third-order valence-corrected chi connectivity index (χ3v) is 1.60. The second kappa shape index (κ2) is 3.63. The van der Waals surface area contributed by atoms with E-state index in [4.69, 9.17) is 10.3 Å². The second-order valence-corrected chi connectivity index (χ2v) is 2.37. The third-order valence-electron chi connectivity index (χ3n) is 1.60. The molecular formula is C6H11N3O3. The number of hydrogen-bond acceptors (Lipinski definition) is 4. The number of quaternary nitrogens is 1. The third kappa shape index (κ3) is 1.62. The molecular weight excluding hydrogens is 162 g/mol. The largest absolute Gasteiger partial charge is 0.594 e. The van der Waals surface area contributed by atoms with Gasteiger partial charge in [-0.3, -0.25) is 4.57 Å². The fourth-order valence-electron chi connectivity index (χ4n) is 1.02. The Morgan fingerprint density at radius 2 is 2.42 bits per heavy atom. The van der Waals surface area contributed by atoms with Gasteiger partial charge in [0.25, 0.3) is 5.82 Å². The maximum absolute atomic E-state index is 10.6. The summed E-state index contributed by atoms with van der Waals surface area (Å²) in [6.07, 6.45) is 1.29. The highest BCUT2D eigenvalue weighted by molar-refractivity contribution is 5.17. The monoisotopic (exact) mass is 173 g/mol. The number of imidazole rings is 1. The SMILES string of the molecule is Cc1ncc([NH+]([O-])O)n1CCO. The van der Waals surface area contributed by atoms with Gasteiger partial charge in [-0.25, -0.2) is 10.2 Å². The predicted octanol–water partition coefficient (Wildman–Crippen LogP) is -1.41. The first kappa shape index (κ1) is 9.14. The molecule has 1 unspecified atom stereocenters. The van der Waals surface area contributed by atoms with Crippen molar-refractivity contribution >= 4 is 5.82 Å². The van der Waals surface area contributed by atoms with Gasteiger partial charge in [0.1, 0.15) is 12.0 Å². The van der Waals surface area contributed by atoms with Gasteiger partial charge in [-0.2, -0.15) is 5.23 Å². The van der Waals surface area contributed by atoms with Crippen LogP contribution >= 0.6 is 0 Å². The minimum Gasteiger partial charge on any atom is -0.594 e. The number of aliphatic hydroxyl groups is 1. The summed E-state index contributed by atoms with van der Waals surface area (Å²) in [6, 6.07) is 0. The van der Waals surface area contributed by atoms with E-state index >= 15 is 0 Å². The zero-order valence-corrected chi connectivity index (χ0v) is 6.69. The maximum atomic E-state index is 10.6. The van der Waals surface area contributed by atoms with Gasteiger partial charge in [0.05, 0.1) is 13.2 Å². The van der Waals surface area contributed by atoms with E-state index in [0.29, 0.717) is 5.82 Å². The summed E-state index contributed by atoms with van der Waals surface area (Å²) in [5, 5.41) is 26.8. The number of aliphatic hydroxyl groups excluding tert-OH is 1. The lowest BCUT2D eigenvalue weighted by Crippen LogP contribution is -2.99. The van der Waals surface area contributed by atoms with Gasteiger partial charge < -0.3 is 10.3 Å². The number of aromatic nitrogens is 2. The molecule has 0 aliphatic carbocycles. The van der Waals surface area contributed by atoms with Crippen molar-refractivity contribution < 1.29 is 15.5 Å². The first-order valence-corrected chi connectivity index (χ1v) is 3.53. The molecule has 0 fully saturated rings. The van der Waals surface area contributed by atoms with Crippen LogP contribution in [0.15, 0.2) is 6.20 Å². The molecule has 0 saturated carbocycles. The van der Waals surface area contributed by atoms with Crippen LogP contribution in [0.2, 0.25) is 0 Å². The molecule has 0 spiro atoms. The van der Waals surface area contributed by atoms with Gasteiger partial charge in [0.15, 0.2) is 0 Å². The molecule has 0 saturated heterocycles. The van der Waals surface area contributed by atoms with Crippen LogP contribution in [-0.2, 0) is 6.54 Å². The molecule has 1 aromatic rings. The molecule has 0 aromatic carbocycles. The number of hydrogen-bond donors (Lipinski definition) is 3. The molecule has 68 valence electrons. The van der Waals surface area contributed by atoms with Crippen molar-refractivity contribution in [3.05, 3.63) is 17.2 Å². The Morgan fingerprint density at radius 1 is 1.75 bits per heavy atom. The summed E-state index contributed by atoms with van der Waals surface area (Å²) >= 11 is 0. The van der Waals surface area contributed by atoms with Crippen LogP contribution in [0.1, 0.15) is 5.82 Å². The summed E-state index contributed by atoms with van der Waals surface area (Å²) in [7, 11) is 0. The highest BCUT2D eigenvalue weighted by atomic mass is 16.8. The van der Waals surface area contributed by atoms with E-state index in [1.54, 1.807) is 6.92 Å². The van der Waals surface area contributed by atoms with Gasteiger partial charge >= 0.3 is 0 Å². The molecule has 3 N–H and O–H groups in total. The average Bonchev–Trinajstić information content (AvgIpc) is 2.34. The van der Waals surface area contributed by atoms with Gasteiger partial charge in [0.2, 0.25) is 0 Å². The van der Waals surface area contributed by atoms with Crippen molar-refractivity contribution in [2.45, 2.75) is 13.5 Å². The van der Waals surface area contributed by atoms with Crippen molar-refractivity contribution in [2.75, 3.05) is 6.61 Å². The van der Waals surface area contributed by atoms with Crippen molar-refractivity contribution in [3.63, 3.8) is 0 Å². The summed E-state index contributed by atoms with van der Waals surface area (Å²) in [5.41, 5.74) is 0. The number of nitrogens with one attached hydrogen (secondary N) is 1. The molecule has 0 aliphatic rings. The number of aryl methyl sites for hydroxylation is 1. The first-order valence-electron chi connectivity index (χ1n) is 3.53. The lowest BCUT2D eigenvalue weighted by atomic mass is 10.6. The van der Waals surface area contributed by atoms with Crippen molar-refractivity contribution in [1.29, 1.82) is 0 Å². The standard InChI is InChI=1S/C6H11N3O3/c1-5-7-4-6(9(11)12)8(5)2-3-10/h4,9-11H,2-3H2,1H3. The maximum Gasteiger partial charge on any atom is 0.259 e. The fourth-order valence-corrected chi connectivity index (χ4v) is 1.02. The number of nitrogens with zero attached hydrogens (tertiary/aromatic N) is 2. The van der Waals surface area contributed by atoms with E-state index in [-0.39, 0.29) is 19.0 Å². The van der Waals surface area contributed by atoms with Crippen LogP contribution < -0.4 is 5.23 Å². The Bertz CT molecular complexity index is 259. The smallest absolute Gasteiger partial charge is 0.259 e. The molecule has 1 atom stereocenters. The zero-order chi connectivity index (χ0) is 9.14. The van der Waals surface area contributed by atoms with Crippen LogP contribution in [-0.4, -0.2) is 26.5 Å². The molecule has 0 bridgehead atoms. The van der Waals surface area contributed by atoms with Crippen molar-refractivity contribution in [3.8, 4) is 0 Å². The molecule has 0 radical (unpaired) electrons. The van der Waals surface area contributed by atoms with Crippen molar-refractivity contribution in [1.82, 2.24) is 9.55 Å². The number of rotatable bonds is 3. The van der Waals surface area contributed by atoms with Gasteiger partial charge in [-0.05, 0) is 6.92 Å². The molecule has 1 aromatic heterocycles. The lowest BCUT2D eigenvalue weighted by Gasteiger charge is -2.13. The molecule has 6 heteroatoms. The quantitative estimate of drug-likeness (QED) is 0.490. The summed E-state index contributed by atoms with van der Waals surface area (Å²) in [6.45, 7) is 1.88. The zero-order valence-electron chi connectivity index (χ0n) is 6.69. The Kier molecular flexibility index (Phi) is 2.77. The molecule has 12 heavy (non-hydrogen) atoms. The van der Waals surface area contributed by atoms with Crippen LogP contribution in [0.4, 0.5) is 5.82 Å². The lowest BCUT2D eigenvalue weighted by molar-refractivity contribution is -0.994. The first-order chi connectivity index (χ1) is 5.66. The van der Waals surface area contributed by atoms with Crippen LogP contribution in [0.25, 0.3) is 0 Å². The highest BCUT2D eigenvalue weighted by Crippen LogP contribution is 2.04. The Hall–Kier alpha value is -0.950. The molecule has 1 rings (SSSR count). The van der Waals surface area contributed by atoms with E-state index in [1.807, 2.05) is 0 Å². The van der Waals surface area contributed by atoms with Crippen LogP contribution in [0.3, 0.4) is 0 Å². The van der Waals surface area contributed by atoms with E-state index in [9.17, 15) is 5.21 Å². The summed E-state index contributed by atoms with van der Waals surface area (Å²) in [5.74, 6) is 0.711. The van der Waals surface area contributed by atoms with Gasteiger partial charge in [0, 0.05) is 0 Å². The average molecular weight is 173 g/mol. The van der Waals surface area contributed by atoms with E-state index in [1.165, 1.54) is 10.8 Å². The summed E-state index contributed by atoms with van der Waals surface area (Å²) < 4.78 is 1.46. The van der Waals surface area contributed by atoms with Gasteiger partial charge in [-0.15, -0.1) is 0 Å². The van der Waals surface area contributed by atoms with Crippen LogP contribution in [0, 0.1) is 12.1 Å². The Balaban J connectivity index is 2.95. The van der Waals surface area contributed by atoms with E-state index in [2.05, 4.69) is 4.98 Å². The molecule has 0 aliphatic heterocycles. The minimum absolute atomic E-state index is 0.0858. The Morgan fingerprint density at radius 3 is 2.92 bits per heavy atom. The summed E-state index contributed by atoms with van der Waals surface area (Å²) in [4.78, 5) is 3.83. The normalized spacial score (nSPS) is 13.3. The molecule has 6 nitrogen and oxygen atoms in total.